The van der Waals surface area contributed by atoms with Crippen molar-refractivity contribution < 1.29 is 13.2 Å². The summed E-state index contributed by atoms with van der Waals surface area (Å²) in [5.41, 5.74) is 0.380. The number of alkyl halides is 3. The summed E-state index contributed by atoms with van der Waals surface area (Å²) in [7, 11) is 0. The number of nitrogens with zero attached hydrogens (tertiary/aromatic N) is 5. The molecule has 1 aliphatic carbocycles. The zero-order valence-corrected chi connectivity index (χ0v) is 20.0. The first-order valence-corrected chi connectivity index (χ1v) is 13.1. The molecule has 2 aromatic heterocycles. The van der Waals surface area contributed by atoms with E-state index in [2.05, 4.69) is 16.0 Å². The molecule has 3 aromatic rings. The van der Waals surface area contributed by atoms with Crippen molar-refractivity contribution in [1.82, 2.24) is 15.0 Å². The highest BCUT2D eigenvalue weighted by atomic mass is 32.2. The van der Waals surface area contributed by atoms with Crippen LogP contribution < -0.4 is 9.80 Å². The molecule has 0 amide bonds. The summed E-state index contributed by atoms with van der Waals surface area (Å²) < 4.78 is 43.5. The van der Waals surface area contributed by atoms with Gasteiger partial charge in [-0.1, -0.05) is 23.9 Å². The van der Waals surface area contributed by atoms with Gasteiger partial charge in [0.15, 0.2) is 10.0 Å². The topological polar surface area (TPSA) is 45.2 Å². The molecular weight excluding hydrogens is 467 g/mol. The molecule has 0 N–H and O–H groups in total. The van der Waals surface area contributed by atoms with Crippen LogP contribution in [0.5, 0.6) is 0 Å². The monoisotopic (exact) mass is 491 g/mol. The third-order valence-electron chi connectivity index (χ3n) is 7.30. The molecule has 10 heteroatoms. The molecule has 2 saturated heterocycles. The number of fused-ring (bicyclic) bond motifs is 2. The lowest BCUT2D eigenvalue weighted by molar-refractivity contribution is -0.141. The minimum Gasteiger partial charge on any atom is -0.356 e. The van der Waals surface area contributed by atoms with Gasteiger partial charge < -0.3 is 9.80 Å². The van der Waals surface area contributed by atoms with Crippen LogP contribution in [0.25, 0.3) is 10.2 Å². The number of thioether (sulfide) groups is 1. The summed E-state index contributed by atoms with van der Waals surface area (Å²) in [5, 5.41) is 0. The molecule has 1 aromatic carbocycles. The number of rotatable bonds is 5. The Hall–Kier alpha value is -2.07. The van der Waals surface area contributed by atoms with Crippen LogP contribution in [0.15, 0.2) is 28.6 Å². The van der Waals surface area contributed by atoms with Gasteiger partial charge >= 0.3 is 6.18 Å². The van der Waals surface area contributed by atoms with Gasteiger partial charge in [0.25, 0.3) is 0 Å². The zero-order chi connectivity index (χ0) is 22.9. The zero-order valence-electron chi connectivity index (χ0n) is 18.3. The molecule has 1 saturated carbocycles. The molecule has 0 radical (unpaired) electrons. The number of hydrogen-bond donors (Lipinski definition) is 0. The Kier molecular flexibility index (Phi) is 5.03. The molecule has 5 nitrogen and oxygen atoms in total. The molecule has 1 unspecified atom stereocenters. The maximum absolute atomic E-state index is 13.7. The minimum absolute atomic E-state index is 0.140. The summed E-state index contributed by atoms with van der Waals surface area (Å²) >= 11 is 3.53. The van der Waals surface area contributed by atoms with Crippen LogP contribution in [0.2, 0.25) is 0 Å². The second kappa shape index (κ2) is 7.73. The number of aromatic nitrogens is 3. The van der Waals surface area contributed by atoms with E-state index < -0.39 is 11.9 Å². The maximum atomic E-state index is 13.7. The Morgan fingerprint density at radius 3 is 2.52 bits per heavy atom. The van der Waals surface area contributed by atoms with Crippen LogP contribution in [0.1, 0.15) is 24.6 Å². The van der Waals surface area contributed by atoms with Crippen LogP contribution in [-0.4, -0.2) is 46.4 Å². The average molecular weight is 492 g/mol. The third kappa shape index (κ3) is 3.75. The van der Waals surface area contributed by atoms with Crippen molar-refractivity contribution in [2.45, 2.75) is 36.8 Å². The number of piperidine rings is 1. The molecule has 4 atom stereocenters. The standard InChI is InChI=1S/C23H24F3N5S2/c1-12-7-8-31(12)21-28-19(23(24,25)26)13(2)20(29-21)30-9-14-15(10-30)16(14)11-32-22-27-17-5-3-4-6-18(17)33-22/h3-6,12,14-16H,7-11H2,1-2H3/t12-,14-,15+,16?/m0/s1. The summed E-state index contributed by atoms with van der Waals surface area (Å²) in [6.45, 7) is 5.74. The molecule has 0 spiro atoms. The average Bonchev–Trinajstić information content (AvgIpc) is 3.10. The largest absolute Gasteiger partial charge is 0.433 e. The fraction of sp³-hybridized carbons (Fsp3) is 0.522. The number of hydrogen-bond acceptors (Lipinski definition) is 7. The second-order valence-corrected chi connectivity index (χ2v) is 11.6. The summed E-state index contributed by atoms with van der Waals surface area (Å²) in [6, 6.07) is 8.34. The normalized spacial score (nSPS) is 26.6. The Morgan fingerprint density at radius 1 is 1.12 bits per heavy atom. The number of para-hydroxylation sites is 1. The smallest absolute Gasteiger partial charge is 0.356 e. The lowest BCUT2D eigenvalue weighted by Gasteiger charge is -2.39. The van der Waals surface area contributed by atoms with Crippen molar-refractivity contribution in [2.75, 3.05) is 35.2 Å². The van der Waals surface area contributed by atoms with Gasteiger partial charge in [0, 0.05) is 37.0 Å². The van der Waals surface area contributed by atoms with Crippen LogP contribution in [0.4, 0.5) is 24.9 Å². The van der Waals surface area contributed by atoms with E-state index in [4.69, 9.17) is 4.98 Å². The summed E-state index contributed by atoms with van der Waals surface area (Å²) in [5.74, 6) is 3.30. The number of benzene rings is 1. The third-order valence-corrected chi connectivity index (χ3v) is 9.62. The molecule has 33 heavy (non-hydrogen) atoms. The van der Waals surface area contributed by atoms with Crippen molar-refractivity contribution in [1.29, 1.82) is 0 Å². The van der Waals surface area contributed by atoms with Gasteiger partial charge in [-0.05, 0) is 50.2 Å². The highest BCUT2D eigenvalue weighted by Gasteiger charge is 2.56. The van der Waals surface area contributed by atoms with E-state index >= 15 is 0 Å². The van der Waals surface area contributed by atoms with Crippen molar-refractivity contribution in [3.05, 3.63) is 35.5 Å². The van der Waals surface area contributed by atoms with Crippen LogP contribution in [-0.2, 0) is 6.18 Å². The fourth-order valence-corrected chi connectivity index (χ4v) is 7.57. The lowest BCUT2D eigenvalue weighted by atomic mass is 10.1. The van der Waals surface area contributed by atoms with E-state index in [0.717, 1.165) is 35.1 Å². The van der Waals surface area contributed by atoms with E-state index in [1.807, 2.05) is 34.9 Å². The van der Waals surface area contributed by atoms with Crippen molar-refractivity contribution >= 4 is 45.1 Å². The van der Waals surface area contributed by atoms with Gasteiger partial charge in [-0.3, -0.25) is 0 Å². The molecule has 174 valence electrons. The molecule has 4 heterocycles. The quantitative estimate of drug-likeness (QED) is 0.440. The van der Waals surface area contributed by atoms with E-state index in [0.29, 0.717) is 30.1 Å². The second-order valence-electron chi connectivity index (χ2n) is 9.30. The molecule has 2 aliphatic heterocycles. The van der Waals surface area contributed by atoms with Gasteiger partial charge in [-0.2, -0.15) is 18.2 Å². The Balaban J connectivity index is 1.16. The van der Waals surface area contributed by atoms with Gasteiger partial charge in [0.2, 0.25) is 5.95 Å². The fourth-order valence-electron chi connectivity index (χ4n) is 5.17. The SMILES string of the molecule is Cc1c(N2C[C@@H]3C(CSc4nc5ccccc5s4)[C@@H]3C2)nc(N2CC[C@@H]2C)nc1C(F)(F)F. The summed E-state index contributed by atoms with van der Waals surface area (Å²) in [6.07, 6.45) is -3.53. The highest BCUT2D eigenvalue weighted by Crippen LogP contribution is 2.55. The number of halogens is 3. The van der Waals surface area contributed by atoms with Crippen LogP contribution >= 0.6 is 23.1 Å². The first-order valence-electron chi connectivity index (χ1n) is 11.3. The van der Waals surface area contributed by atoms with E-state index in [9.17, 15) is 13.2 Å². The van der Waals surface area contributed by atoms with E-state index in [1.54, 1.807) is 23.1 Å². The van der Waals surface area contributed by atoms with Crippen molar-refractivity contribution in [2.24, 2.45) is 17.8 Å². The van der Waals surface area contributed by atoms with Crippen LogP contribution in [0, 0.1) is 24.7 Å². The number of anilines is 2. The van der Waals surface area contributed by atoms with Crippen LogP contribution in [0.3, 0.4) is 0 Å². The van der Waals surface area contributed by atoms with Gasteiger partial charge in [0.05, 0.1) is 10.2 Å². The lowest BCUT2D eigenvalue weighted by Crippen LogP contribution is -2.47. The van der Waals surface area contributed by atoms with Gasteiger partial charge in [0.1, 0.15) is 5.82 Å². The Bertz CT molecular complexity index is 1170. The van der Waals surface area contributed by atoms with Crippen molar-refractivity contribution in [3.8, 4) is 0 Å². The summed E-state index contributed by atoms with van der Waals surface area (Å²) in [4.78, 5) is 17.2. The number of thiazole rings is 1. The maximum Gasteiger partial charge on any atom is 0.433 e. The van der Waals surface area contributed by atoms with E-state index in [-0.39, 0.29) is 17.6 Å². The van der Waals surface area contributed by atoms with Crippen molar-refractivity contribution in [3.63, 3.8) is 0 Å². The molecule has 6 rings (SSSR count). The Morgan fingerprint density at radius 2 is 1.88 bits per heavy atom. The Labute approximate surface area is 198 Å². The minimum atomic E-state index is -4.48. The molecule has 0 bridgehead atoms. The van der Waals surface area contributed by atoms with E-state index in [1.165, 1.54) is 11.6 Å². The van der Waals surface area contributed by atoms with Gasteiger partial charge in [-0.15, -0.1) is 11.3 Å². The molecular formula is C23H24F3N5S2. The highest BCUT2D eigenvalue weighted by molar-refractivity contribution is 8.01. The predicted octanol–water partition coefficient (Wildman–Crippen LogP) is 5.49. The molecule has 3 fully saturated rings. The van der Waals surface area contributed by atoms with Gasteiger partial charge in [-0.25, -0.2) is 9.97 Å². The predicted molar refractivity (Wildman–Crippen MR) is 126 cm³/mol. The first kappa shape index (κ1) is 21.5. The first-order chi connectivity index (χ1) is 15.8. The molecule has 3 aliphatic rings.